The number of benzene rings is 4. The molecule has 5 rings (SSSR count). The number of sulfonamides is 1. The van der Waals surface area contributed by atoms with Crippen molar-refractivity contribution in [3.8, 4) is 0 Å². The number of nitrogens with zero attached hydrogens (tertiary/aromatic N) is 1. The van der Waals surface area contributed by atoms with Crippen LogP contribution in [-0.2, 0) is 31.9 Å². The van der Waals surface area contributed by atoms with Crippen LogP contribution in [0.25, 0.3) is 0 Å². The van der Waals surface area contributed by atoms with Gasteiger partial charge in [-0.3, -0.25) is 15.0 Å². The minimum Gasteiger partial charge on any atom is -0.384 e. The van der Waals surface area contributed by atoms with Gasteiger partial charge in [-0.25, -0.2) is 13.1 Å². The SMILES string of the molecule is N=C(N)c1ccc(CNC(=O)[C@@H]2CCCN2C(=O)C(NS(=O)(=O)Cc2ccccc2)C(c2ccccc2)c2ccccc2)cc1. The number of nitrogens with two attached hydrogens (primary N) is 1. The van der Waals surface area contributed by atoms with Crippen molar-refractivity contribution < 1.29 is 18.0 Å². The molecule has 0 bridgehead atoms. The highest BCUT2D eigenvalue weighted by atomic mass is 32.2. The minimum atomic E-state index is -3.99. The first kappa shape index (κ1) is 31.6. The van der Waals surface area contributed by atoms with Gasteiger partial charge in [0.1, 0.15) is 17.9 Å². The maximum atomic E-state index is 14.5. The van der Waals surface area contributed by atoms with Gasteiger partial charge in [-0.2, -0.15) is 0 Å². The molecule has 45 heavy (non-hydrogen) atoms. The van der Waals surface area contributed by atoms with Crippen LogP contribution in [0.2, 0.25) is 0 Å². The third-order valence-electron chi connectivity index (χ3n) is 7.99. The number of rotatable bonds is 12. The van der Waals surface area contributed by atoms with Gasteiger partial charge in [0, 0.05) is 24.6 Å². The Morgan fingerprint density at radius 2 is 1.38 bits per heavy atom. The molecule has 4 aromatic carbocycles. The van der Waals surface area contributed by atoms with Gasteiger partial charge in [0.25, 0.3) is 0 Å². The van der Waals surface area contributed by atoms with Gasteiger partial charge in [0.05, 0.1) is 5.75 Å². The second-order valence-corrected chi connectivity index (χ2v) is 12.9. The van der Waals surface area contributed by atoms with Crippen molar-refractivity contribution in [3.63, 3.8) is 0 Å². The van der Waals surface area contributed by atoms with E-state index in [1.54, 1.807) is 48.5 Å². The molecule has 1 fully saturated rings. The fraction of sp³-hybridized carbons (Fsp3) is 0.229. The highest BCUT2D eigenvalue weighted by molar-refractivity contribution is 7.88. The molecule has 0 spiro atoms. The topological polar surface area (TPSA) is 145 Å². The quantitative estimate of drug-likeness (QED) is 0.140. The lowest BCUT2D eigenvalue weighted by Gasteiger charge is -2.33. The molecule has 1 saturated heterocycles. The zero-order chi connectivity index (χ0) is 31.8. The Bertz CT molecular complexity index is 1680. The van der Waals surface area contributed by atoms with E-state index in [-0.39, 0.29) is 24.0 Å². The summed E-state index contributed by atoms with van der Waals surface area (Å²) in [4.78, 5) is 29.5. The second kappa shape index (κ2) is 14.3. The molecular formula is C35H37N5O4S. The zero-order valence-electron chi connectivity index (χ0n) is 24.8. The predicted octanol–water partition coefficient (Wildman–Crippen LogP) is 3.90. The van der Waals surface area contributed by atoms with Crippen molar-refractivity contribution >= 4 is 27.7 Å². The van der Waals surface area contributed by atoms with Crippen LogP contribution in [0.15, 0.2) is 115 Å². The molecule has 10 heteroatoms. The summed E-state index contributed by atoms with van der Waals surface area (Å²) in [6.07, 6.45) is 1.08. The molecule has 2 atom stereocenters. The molecule has 0 radical (unpaired) electrons. The molecule has 1 aliphatic rings. The molecule has 1 heterocycles. The van der Waals surface area contributed by atoms with Gasteiger partial charge >= 0.3 is 0 Å². The largest absolute Gasteiger partial charge is 0.384 e. The Hall–Kier alpha value is -4.80. The van der Waals surface area contributed by atoms with Crippen LogP contribution in [0.4, 0.5) is 0 Å². The molecule has 0 aliphatic carbocycles. The van der Waals surface area contributed by atoms with Gasteiger partial charge in [0.2, 0.25) is 21.8 Å². The van der Waals surface area contributed by atoms with Gasteiger partial charge in [-0.1, -0.05) is 115 Å². The predicted molar refractivity (Wildman–Crippen MR) is 175 cm³/mol. The van der Waals surface area contributed by atoms with Crippen LogP contribution in [-0.4, -0.2) is 49.6 Å². The third kappa shape index (κ3) is 8.03. The first-order valence-electron chi connectivity index (χ1n) is 14.9. The van der Waals surface area contributed by atoms with Crippen LogP contribution in [0.1, 0.15) is 46.6 Å². The lowest BCUT2D eigenvalue weighted by atomic mass is 9.84. The van der Waals surface area contributed by atoms with E-state index in [4.69, 9.17) is 11.1 Å². The summed E-state index contributed by atoms with van der Waals surface area (Å²) < 4.78 is 30.1. The number of carbonyl (C=O) groups excluding carboxylic acids is 2. The summed E-state index contributed by atoms with van der Waals surface area (Å²) >= 11 is 0. The third-order valence-corrected chi connectivity index (χ3v) is 9.32. The standard InChI is InChI=1S/C35H37N5O4S/c36-33(37)29-20-18-25(19-21-29)23-38-34(41)30-17-10-22-40(30)35(42)32(39-45(43,44)24-26-11-4-1-5-12-26)31(27-13-6-2-7-14-27)28-15-8-3-9-16-28/h1-9,11-16,18-21,30-32,39H,10,17,22-24H2,(H3,36,37)(H,38,41)/t30-,32?/m0/s1. The molecule has 0 saturated carbocycles. The molecule has 9 nitrogen and oxygen atoms in total. The van der Waals surface area contributed by atoms with Crippen molar-refractivity contribution in [2.75, 3.05) is 6.54 Å². The Balaban J connectivity index is 1.44. The number of likely N-dealkylation sites (tertiary alicyclic amines) is 1. The zero-order valence-corrected chi connectivity index (χ0v) is 25.6. The van der Waals surface area contributed by atoms with Crippen LogP contribution < -0.4 is 15.8 Å². The molecule has 1 unspecified atom stereocenters. The number of nitrogens with one attached hydrogen (secondary N) is 3. The summed E-state index contributed by atoms with van der Waals surface area (Å²) in [5.74, 6) is -1.73. The van der Waals surface area contributed by atoms with Gasteiger partial charge in [0.15, 0.2) is 0 Å². The van der Waals surface area contributed by atoms with E-state index in [0.29, 0.717) is 30.5 Å². The first-order chi connectivity index (χ1) is 21.7. The fourth-order valence-electron chi connectivity index (χ4n) is 5.78. The van der Waals surface area contributed by atoms with Crippen LogP contribution in [0.3, 0.4) is 0 Å². The summed E-state index contributed by atoms with van der Waals surface area (Å²) in [5.41, 5.74) is 9.11. The lowest BCUT2D eigenvalue weighted by molar-refractivity contribution is -0.140. The van der Waals surface area contributed by atoms with E-state index in [2.05, 4.69) is 10.0 Å². The van der Waals surface area contributed by atoms with Gasteiger partial charge in [-0.05, 0) is 35.1 Å². The normalized spacial score (nSPS) is 15.5. The monoisotopic (exact) mass is 623 g/mol. The second-order valence-electron chi connectivity index (χ2n) is 11.2. The van der Waals surface area contributed by atoms with Crippen molar-refractivity contribution in [1.29, 1.82) is 5.41 Å². The number of nitrogen functional groups attached to an aromatic ring is 1. The van der Waals surface area contributed by atoms with Crippen molar-refractivity contribution in [2.24, 2.45) is 5.73 Å². The summed E-state index contributed by atoms with van der Waals surface area (Å²) in [6, 6.07) is 32.6. The molecule has 1 aliphatic heterocycles. The first-order valence-corrected chi connectivity index (χ1v) is 16.5. The van der Waals surface area contributed by atoms with Crippen LogP contribution in [0, 0.1) is 5.41 Å². The van der Waals surface area contributed by atoms with E-state index in [9.17, 15) is 18.0 Å². The average Bonchev–Trinajstić information content (AvgIpc) is 3.55. The van der Waals surface area contributed by atoms with Crippen LogP contribution in [0.5, 0.6) is 0 Å². The van der Waals surface area contributed by atoms with Crippen LogP contribution >= 0.6 is 0 Å². The molecule has 4 aromatic rings. The van der Waals surface area contributed by atoms with E-state index in [1.807, 2.05) is 66.7 Å². The minimum absolute atomic E-state index is 0.0380. The molecule has 2 amide bonds. The van der Waals surface area contributed by atoms with E-state index in [1.165, 1.54) is 4.90 Å². The average molecular weight is 624 g/mol. The molecule has 0 aromatic heterocycles. The number of amidine groups is 1. The number of carbonyl (C=O) groups is 2. The molecule has 5 N–H and O–H groups in total. The highest BCUT2D eigenvalue weighted by Gasteiger charge is 2.42. The maximum absolute atomic E-state index is 14.5. The smallest absolute Gasteiger partial charge is 0.243 e. The van der Waals surface area contributed by atoms with Crippen molar-refractivity contribution in [2.45, 2.75) is 43.1 Å². The highest BCUT2D eigenvalue weighted by Crippen LogP contribution is 2.32. The van der Waals surface area contributed by atoms with E-state index in [0.717, 1.165) is 16.7 Å². The Morgan fingerprint density at radius 1 is 0.822 bits per heavy atom. The number of hydrogen-bond acceptors (Lipinski definition) is 5. The summed E-state index contributed by atoms with van der Waals surface area (Å²) in [5, 5.41) is 10.5. The van der Waals surface area contributed by atoms with Gasteiger partial charge in [-0.15, -0.1) is 0 Å². The lowest BCUT2D eigenvalue weighted by Crippen LogP contribution is -2.55. The fourth-order valence-corrected chi connectivity index (χ4v) is 7.12. The van der Waals surface area contributed by atoms with Gasteiger partial charge < -0.3 is 16.0 Å². The number of amides is 2. The Labute approximate surface area is 264 Å². The van der Waals surface area contributed by atoms with Crippen molar-refractivity contribution in [1.82, 2.24) is 14.9 Å². The van der Waals surface area contributed by atoms with E-state index < -0.39 is 33.9 Å². The summed E-state index contributed by atoms with van der Waals surface area (Å²) in [6.45, 7) is 0.566. The van der Waals surface area contributed by atoms with E-state index >= 15 is 0 Å². The maximum Gasteiger partial charge on any atom is 0.243 e. The Kier molecular flexibility index (Phi) is 10.1. The molecule has 232 valence electrons. The van der Waals surface area contributed by atoms with Crippen molar-refractivity contribution in [3.05, 3.63) is 143 Å². The number of hydrogen-bond donors (Lipinski definition) is 4. The Morgan fingerprint density at radius 3 is 1.93 bits per heavy atom. The summed E-state index contributed by atoms with van der Waals surface area (Å²) in [7, 11) is -3.99. The molecular weight excluding hydrogens is 586 g/mol.